The van der Waals surface area contributed by atoms with Crippen LogP contribution in [0.4, 0.5) is 5.69 Å². The molecular weight excluding hydrogens is 220 g/mol. The molecule has 1 amide bonds. The molecule has 1 atom stereocenters. The smallest absolute Gasteiger partial charge is 0.246 e. The first-order chi connectivity index (χ1) is 8.24. The van der Waals surface area contributed by atoms with Crippen molar-refractivity contribution in [3.63, 3.8) is 0 Å². The lowest BCUT2D eigenvalue weighted by atomic mass is 10.2. The molecule has 0 bridgehead atoms. The molecule has 0 spiro atoms. The standard InChI is InChI=1S/C12H16N2O3/c1-16-8-9(13)12(15)14-6-7-17-11-5-3-2-4-10(11)14/h2-5,9H,6-8,13H2,1H3. The third-order valence-electron chi connectivity index (χ3n) is 2.66. The highest BCUT2D eigenvalue weighted by molar-refractivity contribution is 5.98. The lowest BCUT2D eigenvalue weighted by Crippen LogP contribution is -2.49. The monoisotopic (exact) mass is 236 g/mol. The molecule has 1 aliphatic heterocycles. The Morgan fingerprint density at radius 3 is 3.12 bits per heavy atom. The van der Waals surface area contributed by atoms with Gasteiger partial charge in [-0.05, 0) is 12.1 Å². The molecule has 1 aromatic carbocycles. The summed E-state index contributed by atoms with van der Waals surface area (Å²) in [7, 11) is 1.53. The number of nitrogens with zero attached hydrogens (tertiary/aromatic N) is 1. The molecule has 1 heterocycles. The van der Waals surface area contributed by atoms with Crippen molar-refractivity contribution in [1.82, 2.24) is 0 Å². The molecule has 92 valence electrons. The van der Waals surface area contributed by atoms with Gasteiger partial charge in [-0.1, -0.05) is 12.1 Å². The number of carbonyl (C=O) groups excluding carboxylic acids is 1. The third-order valence-corrected chi connectivity index (χ3v) is 2.66. The number of fused-ring (bicyclic) bond motifs is 1. The fourth-order valence-electron chi connectivity index (χ4n) is 1.85. The van der Waals surface area contributed by atoms with Crippen molar-refractivity contribution in [2.45, 2.75) is 6.04 Å². The van der Waals surface area contributed by atoms with Crippen LogP contribution in [0.2, 0.25) is 0 Å². The summed E-state index contributed by atoms with van der Waals surface area (Å²) in [5, 5.41) is 0. The molecule has 2 N–H and O–H groups in total. The maximum atomic E-state index is 12.1. The second-order valence-electron chi connectivity index (χ2n) is 3.87. The number of carbonyl (C=O) groups is 1. The Balaban J connectivity index is 2.20. The lowest BCUT2D eigenvalue weighted by molar-refractivity contribution is -0.121. The van der Waals surface area contributed by atoms with E-state index < -0.39 is 6.04 Å². The topological polar surface area (TPSA) is 64.8 Å². The van der Waals surface area contributed by atoms with Crippen LogP contribution in [-0.4, -0.2) is 38.8 Å². The Kier molecular flexibility index (Phi) is 3.61. The number of para-hydroxylation sites is 2. The van der Waals surface area contributed by atoms with E-state index in [1.807, 2.05) is 24.3 Å². The van der Waals surface area contributed by atoms with Gasteiger partial charge in [-0.2, -0.15) is 0 Å². The number of benzene rings is 1. The quantitative estimate of drug-likeness (QED) is 0.824. The van der Waals surface area contributed by atoms with E-state index in [0.717, 1.165) is 11.4 Å². The Labute approximate surface area is 100 Å². The Morgan fingerprint density at radius 2 is 2.35 bits per heavy atom. The Morgan fingerprint density at radius 1 is 1.59 bits per heavy atom. The molecule has 0 aromatic heterocycles. The van der Waals surface area contributed by atoms with E-state index >= 15 is 0 Å². The van der Waals surface area contributed by atoms with Crippen LogP contribution in [0.15, 0.2) is 24.3 Å². The molecule has 1 aromatic rings. The Bertz CT molecular complexity index is 408. The number of rotatable bonds is 3. The highest BCUT2D eigenvalue weighted by atomic mass is 16.5. The number of nitrogens with two attached hydrogens (primary N) is 1. The van der Waals surface area contributed by atoms with Crippen molar-refractivity contribution < 1.29 is 14.3 Å². The van der Waals surface area contributed by atoms with Gasteiger partial charge in [-0.15, -0.1) is 0 Å². The van der Waals surface area contributed by atoms with Crippen LogP contribution in [0.5, 0.6) is 5.75 Å². The van der Waals surface area contributed by atoms with E-state index in [1.54, 1.807) is 4.90 Å². The average molecular weight is 236 g/mol. The molecule has 5 nitrogen and oxygen atoms in total. The van der Waals surface area contributed by atoms with Gasteiger partial charge in [0.25, 0.3) is 0 Å². The molecule has 5 heteroatoms. The van der Waals surface area contributed by atoms with Gasteiger partial charge in [0, 0.05) is 7.11 Å². The fourth-order valence-corrected chi connectivity index (χ4v) is 1.85. The summed E-state index contributed by atoms with van der Waals surface area (Å²) in [6, 6.07) is 6.81. The maximum absolute atomic E-state index is 12.1. The summed E-state index contributed by atoms with van der Waals surface area (Å²) < 4.78 is 10.4. The van der Waals surface area contributed by atoms with Gasteiger partial charge in [-0.25, -0.2) is 0 Å². The van der Waals surface area contributed by atoms with E-state index in [1.165, 1.54) is 7.11 Å². The van der Waals surface area contributed by atoms with Crippen LogP contribution in [0.1, 0.15) is 0 Å². The predicted octanol–water partition coefficient (Wildman–Crippen LogP) is 0.386. The van der Waals surface area contributed by atoms with Crippen molar-refractivity contribution in [2.24, 2.45) is 5.73 Å². The second kappa shape index (κ2) is 5.16. The first-order valence-corrected chi connectivity index (χ1v) is 5.51. The number of anilines is 1. The molecule has 0 saturated heterocycles. The van der Waals surface area contributed by atoms with E-state index in [4.69, 9.17) is 15.2 Å². The normalized spacial score (nSPS) is 16.0. The zero-order valence-electron chi connectivity index (χ0n) is 9.76. The van der Waals surface area contributed by atoms with Gasteiger partial charge in [-0.3, -0.25) is 4.79 Å². The minimum atomic E-state index is -0.633. The van der Waals surface area contributed by atoms with Crippen LogP contribution >= 0.6 is 0 Å². The molecule has 17 heavy (non-hydrogen) atoms. The van der Waals surface area contributed by atoms with Gasteiger partial charge in [0.1, 0.15) is 18.4 Å². The largest absolute Gasteiger partial charge is 0.490 e. The number of hydrogen-bond acceptors (Lipinski definition) is 4. The number of hydrogen-bond donors (Lipinski definition) is 1. The maximum Gasteiger partial charge on any atom is 0.246 e. The second-order valence-corrected chi connectivity index (χ2v) is 3.87. The van der Waals surface area contributed by atoms with Crippen molar-refractivity contribution >= 4 is 11.6 Å². The number of amides is 1. The lowest BCUT2D eigenvalue weighted by Gasteiger charge is -2.31. The van der Waals surface area contributed by atoms with Gasteiger partial charge < -0.3 is 20.1 Å². The SMILES string of the molecule is COCC(N)C(=O)N1CCOc2ccccc21. The van der Waals surface area contributed by atoms with E-state index in [9.17, 15) is 4.79 Å². The zero-order chi connectivity index (χ0) is 12.3. The molecule has 0 fully saturated rings. The van der Waals surface area contributed by atoms with E-state index in [0.29, 0.717) is 13.2 Å². The number of ether oxygens (including phenoxy) is 2. The fraction of sp³-hybridized carbons (Fsp3) is 0.417. The minimum Gasteiger partial charge on any atom is -0.490 e. The van der Waals surface area contributed by atoms with Crippen LogP contribution in [0.25, 0.3) is 0 Å². The van der Waals surface area contributed by atoms with E-state index in [2.05, 4.69) is 0 Å². The first kappa shape index (κ1) is 11.9. The molecule has 1 aliphatic rings. The van der Waals surface area contributed by atoms with Gasteiger partial charge >= 0.3 is 0 Å². The highest BCUT2D eigenvalue weighted by Gasteiger charge is 2.27. The highest BCUT2D eigenvalue weighted by Crippen LogP contribution is 2.31. The summed E-state index contributed by atoms with van der Waals surface area (Å²) in [5.74, 6) is 0.583. The zero-order valence-corrected chi connectivity index (χ0v) is 9.76. The van der Waals surface area contributed by atoms with E-state index in [-0.39, 0.29) is 12.5 Å². The van der Waals surface area contributed by atoms with Crippen molar-refractivity contribution in [3.05, 3.63) is 24.3 Å². The van der Waals surface area contributed by atoms with Gasteiger partial charge in [0.15, 0.2) is 0 Å². The molecule has 0 aliphatic carbocycles. The van der Waals surface area contributed by atoms with Crippen molar-refractivity contribution in [3.8, 4) is 5.75 Å². The summed E-state index contributed by atoms with van der Waals surface area (Å²) >= 11 is 0. The average Bonchev–Trinajstić information content (AvgIpc) is 2.37. The number of methoxy groups -OCH3 is 1. The minimum absolute atomic E-state index is 0.136. The van der Waals surface area contributed by atoms with Gasteiger partial charge in [0.05, 0.1) is 18.8 Å². The molecule has 0 radical (unpaired) electrons. The summed E-state index contributed by atoms with van der Waals surface area (Å²) in [4.78, 5) is 13.8. The summed E-state index contributed by atoms with van der Waals surface area (Å²) in [6.07, 6.45) is 0. The predicted molar refractivity (Wildman–Crippen MR) is 64.1 cm³/mol. The first-order valence-electron chi connectivity index (χ1n) is 5.51. The third kappa shape index (κ3) is 2.40. The van der Waals surface area contributed by atoms with Crippen molar-refractivity contribution in [2.75, 3.05) is 31.8 Å². The van der Waals surface area contributed by atoms with Crippen LogP contribution in [0.3, 0.4) is 0 Å². The van der Waals surface area contributed by atoms with Gasteiger partial charge in [0.2, 0.25) is 5.91 Å². The van der Waals surface area contributed by atoms with Crippen LogP contribution < -0.4 is 15.4 Å². The van der Waals surface area contributed by atoms with Crippen LogP contribution in [-0.2, 0) is 9.53 Å². The molecule has 2 rings (SSSR count). The molecule has 0 saturated carbocycles. The summed E-state index contributed by atoms with van der Waals surface area (Å²) in [6.45, 7) is 1.23. The molecule has 1 unspecified atom stereocenters. The summed E-state index contributed by atoms with van der Waals surface area (Å²) in [5.41, 5.74) is 6.53. The molecular formula is C12H16N2O3. The Hall–Kier alpha value is -1.59. The van der Waals surface area contributed by atoms with Crippen LogP contribution in [0, 0.1) is 0 Å². The van der Waals surface area contributed by atoms with Crippen molar-refractivity contribution in [1.29, 1.82) is 0 Å².